The number of fused-ring (bicyclic) bond motifs is 1. The highest BCUT2D eigenvalue weighted by atomic mass is 19.4. The highest BCUT2D eigenvalue weighted by molar-refractivity contribution is 6.00. The molecule has 0 saturated carbocycles. The van der Waals surface area contributed by atoms with Gasteiger partial charge in [-0.05, 0) is 43.2 Å². The molecule has 49 heavy (non-hydrogen) atoms. The van der Waals surface area contributed by atoms with Crippen LogP contribution in [-0.2, 0) is 23.0 Å². The molecule has 2 aromatic carbocycles. The van der Waals surface area contributed by atoms with E-state index in [4.69, 9.17) is 4.74 Å². The van der Waals surface area contributed by atoms with Crippen molar-refractivity contribution >= 4 is 34.2 Å². The number of amides is 1. The van der Waals surface area contributed by atoms with E-state index < -0.39 is 59.6 Å². The summed E-state index contributed by atoms with van der Waals surface area (Å²) in [5.74, 6) is -5.81. The summed E-state index contributed by atoms with van der Waals surface area (Å²) in [4.78, 5) is 46.4. The second-order valence-corrected chi connectivity index (χ2v) is 12.1. The average Bonchev–Trinajstić information content (AvgIpc) is 3.02. The van der Waals surface area contributed by atoms with Crippen molar-refractivity contribution in [1.82, 2.24) is 14.9 Å². The van der Waals surface area contributed by atoms with Gasteiger partial charge in [0.1, 0.15) is 29.3 Å². The van der Waals surface area contributed by atoms with E-state index in [-0.39, 0.29) is 25.1 Å². The summed E-state index contributed by atoms with van der Waals surface area (Å²) >= 11 is 0. The number of carboxylic acid groups (broad SMARTS) is 1. The molecule has 2 aliphatic rings. The second-order valence-electron chi connectivity index (χ2n) is 12.1. The number of nitrogens with zero attached hydrogens (tertiary/aromatic N) is 4. The normalized spacial score (nSPS) is 17.2. The molecule has 2 aliphatic heterocycles. The highest BCUT2D eigenvalue weighted by Gasteiger charge is 2.46. The van der Waals surface area contributed by atoms with Gasteiger partial charge in [0.15, 0.2) is 0 Å². The number of hydrogen-bond acceptors (Lipinski definition) is 7. The minimum atomic E-state index is -4.75. The molecule has 6 rings (SSSR count). The maximum atomic E-state index is 15.2. The average molecular weight is 686 g/mol. The maximum absolute atomic E-state index is 15.2. The van der Waals surface area contributed by atoms with Gasteiger partial charge in [-0.15, -0.1) is 0 Å². The van der Waals surface area contributed by atoms with E-state index in [0.717, 1.165) is 35.8 Å². The zero-order valence-electron chi connectivity index (χ0n) is 26.5. The molecule has 4 heterocycles. The van der Waals surface area contributed by atoms with Gasteiger partial charge < -0.3 is 29.5 Å². The Morgan fingerprint density at radius 1 is 1.10 bits per heavy atom. The Balaban J connectivity index is 1.31. The molecule has 2 unspecified atom stereocenters. The molecule has 0 radical (unpaired) electrons. The lowest BCUT2D eigenvalue weighted by atomic mass is 9.94. The molecule has 4 aromatic rings. The van der Waals surface area contributed by atoms with E-state index in [1.54, 1.807) is 31.3 Å². The van der Waals surface area contributed by atoms with E-state index in [1.807, 2.05) is 13.0 Å². The van der Waals surface area contributed by atoms with Crippen molar-refractivity contribution in [3.8, 4) is 11.1 Å². The predicted octanol–water partition coefficient (Wildman–Crippen LogP) is 4.59. The van der Waals surface area contributed by atoms with Gasteiger partial charge in [0.2, 0.25) is 0 Å². The number of carbonyl (C=O) groups is 2. The lowest BCUT2D eigenvalue weighted by Crippen LogP contribution is -2.53. The number of rotatable bonds is 8. The third-order valence-corrected chi connectivity index (χ3v) is 9.09. The lowest BCUT2D eigenvalue weighted by molar-refractivity contribution is -0.167. The van der Waals surface area contributed by atoms with Gasteiger partial charge in [0, 0.05) is 61.6 Å². The number of benzene rings is 2. The standard InChI is InChI=1S/C34H32F5N5O5/c1-18-13-26(43-9-4-10-43)28(32(46)42(18)2)22-7-6-19(21-5-3-8-40-30(21)22)14-25(33(47)48)41-31(45)29-23(35)15-20(16-24(29)36)44-11-12-49-17-27(44)34(37,38)39/h3,5-8,13,15-16,25,27H,4,9-12,14,17H2,1-2H3,(H,41,45)(H,47,48). The largest absolute Gasteiger partial charge is 0.480 e. The van der Waals surface area contributed by atoms with Crippen LogP contribution in [0.2, 0.25) is 0 Å². The van der Waals surface area contributed by atoms with Crippen molar-refractivity contribution < 1.29 is 41.4 Å². The van der Waals surface area contributed by atoms with Crippen molar-refractivity contribution in [1.29, 1.82) is 0 Å². The number of aryl methyl sites for hydroxylation is 1. The molecule has 2 saturated heterocycles. The van der Waals surface area contributed by atoms with E-state index in [1.165, 1.54) is 10.8 Å². The third-order valence-electron chi connectivity index (χ3n) is 9.09. The summed E-state index contributed by atoms with van der Waals surface area (Å²) in [6.45, 7) is 2.28. The fourth-order valence-corrected chi connectivity index (χ4v) is 6.25. The molecule has 0 bridgehead atoms. The molecule has 2 aromatic heterocycles. The fraction of sp³-hybridized carbons (Fsp3) is 0.353. The summed E-state index contributed by atoms with van der Waals surface area (Å²) in [6, 6.07) is 5.96. The second kappa shape index (κ2) is 13.1. The molecule has 15 heteroatoms. The number of anilines is 2. The first-order chi connectivity index (χ1) is 23.3. The van der Waals surface area contributed by atoms with Gasteiger partial charge in [-0.2, -0.15) is 13.2 Å². The van der Waals surface area contributed by atoms with Crippen LogP contribution < -0.4 is 20.7 Å². The quantitative estimate of drug-likeness (QED) is 0.259. The van der Waals surface area contributed by atoms with Gasteiger partial charge >= 0.3 is 12.1 Å². The number of hydrogen-bond donors (Lipinski definition) is 2. The topological polar surface area (TPSA) is 117 Å². The fourth-order valence-electron chi connectivity index (χ4n) is 6.25. The van der Waals surface area contributed by atoms with E-state index in [9.17, 15) is 32.7 Å². The van der Waals surface area contributed by atoms with Crippen molar-refractivity contribution in [2.24, 2.45) is 7.05 Å². The van der Waals surface area contributed by atoms with Crippen LogP contribution in [-0.4, -0.2) is 77.6 Å². The molecule has 1 amide bonds. The number of aromatic nitrogens is 2. The Bertz CT molecular complexity index is 1990. The number of aliphatic carboxylic acids is 1. The van der Waals surface area contributed by atoms with Crippen LogP contribution in [0.4, 0.5) is 33.3 Å². The molecule has 258 valence electrons. The van der Waals surface area contributed by atoms with E-state index in [0.29, 0.717) is 39.7 Å². The first-order valence-electron chi connectivity index (χ1n) is 15.5. The van der Waals surface area contributed by atoms with Crippen LogP contribution in [0.15, 0.2) is 53.5 Å². The zero-order valence-corrected chi connectivity index (χ0v) is 26.5. The number of halogens is 5. The molecule has 10 nitrogen and oxygen atoms in total. The third kappa shape index (κ3) is 6.42. The summed E-state index contributed by atoms with van der Waals surface area (Å²) < 4.78 is 77.5. The minimum absolute atomic E-state index is 0.106. The van der Waals surface area contributed by atoms with Gasteiger partial charge in [0.05, 0.1) is 30.0 Å². The van der Waals surface area contributed by atoms with E-state index >= 15 is 8.78 Å². The Morgan fingerprint density at radius 2 is 1.82 bits per heavy atom. The molecule has 2 N–H and O–H groups in total. The van der Waals surface area contributed by atoms with Crippen LogP contribution in [0.1, 0.15) is 28.0 Å². The smallest absolute Gasteiger partial charge is 0.411 e. The first-order valence-corrected chi connectivity index (χ1v) is 15.5. The molecule has 0 aliphatic carbocycles. The number of alkyl halides is 3. The molecule has 2 atom stereocenters. The Labute approximate surface area is 276 Å². The predicted molar refractivity (Wildman–Crippen MR) is 171 cm³/mol. The number of morpholine rings is 1. The van der Waals surface area contributed by atoms with Gasteiger partial charge in [-0.25, -0.2) is 13.6 Å². The number of ether oxygens (including phenoxy) is 1. The zero-order chi connectivity index (χ0) is 35.2. The lowest BCUT2D eigenvalue weighted by Gasteiger charge is -2.38. The van der Waals surface area contributed by atoms with E-state index in [2.05, 4.69) is 15.2 Å². The van der Waals surface area contributed by atoms with Crippen LogP contribution in [0.3, 0.4) is 0 Å². The first kappa shape index (κ1) is 33.8. The highest BCUT2D eigenvalue weighted by Crippen LogP contribution is 2.37. The van der Waals surface area contributed by atoms with Crippen LogP contribution in [0.5, 0.6) is 0 Å². The van der Waals surface area contributed by atoms with Gasteiger partial charge in [-0.3, -0.25) is 14.6 Å². The summed E-state index contributed by atoms with van der Waals surface area (Å²) in [5.41, 5.74) is 1.57. The molecular formula is C34H32F5N5O5. The number of carbonyl (C=O) groups excluding carboxylic acids is 1. The Kier molecular flexibility index (Phi) is 9.05. The number of nitrogens with one attached hydrogen (secondary N) is 1. The van der Waals surface area contributed by atoms with Crippen LogP contribution in [0.25, 0.3) is 22.0 Å². The molecular weight excluding hydrogens is 653 g/mol. The minimum Gasteiger partial charge on any atom is -0.480 e. The van der Waals surface area contributed by atoms with Gasteiger partial charge in [-0.1, -0.05) is 18.2 Å². The Hall–Kier alpha value is -5.05. The molecule has 0 spiro atoms. The number of pyridine rings is 2. The van der Waals surface area contributed by atoms with Crippen molar-refractivity contribution in [2.75, 3.05) is 42.6 Å². The number of carboxylic acids is 1. The summed E-state index contributed by atoms with van der Waals surface area (Å²) in [7, 11) is 1.67. The van der Waals surface area contributed by atoms with Crippen molar-refractivity contribution in [3.05, 3.63) is 87.5 Å². The SMILES string of the molecule is Cc1cc(N2CCC2)c(-c2ccc(CC(NC(=O)c3c(F)cc(N4CCOCC4C(F)(F)F)cc3F)C(=O)O)c3cccnc23)c(=O)n1C. The van der Waals surface area contributed by atoms with Gasteiger partial charge in [0.25, 0.3) is 11.5 Å². The van der Waals surface area contributed by atoms with Crippen molar-refractivity contribution in [3.63, 3.8) is 0 Å². The van der Waals surface area contributed by atoms with Crippen LogP contribution in [0, 0.1) is 18.6 Å². The Morgan fingerprint density at radius 3 is 2.45 bits per heavy atom. The summed E-state index contributed by atoms with van der Waals surface area (Å²) in [6.07, 6.45) is -2.55. The maximum Gasteiger partial charge on any atom is 0.411 e. The van der Waals surface area contributed by atoms with Crippen molar-refractivity contribution in [2.45, 2.75) is 38.0 Å². The van der Waals surface area contributed by atoms with Crippen LogP contribution >= 0.6 is 0 Å². The summed E-state index contributed by atoms with van der Waals surface area (Å²) in [5, 5.41) is 12.7. The monoisotopic (exact) mass is 685 g/mol. The molecule has 2 fully saturated rings.